The van der Waals surface area contributed by atoms with Crippen molar-refractivity contribution in [2.45, 2.75) is 25.5 Å². The van der Waals surface area contributed by atoms with Gasteiger partial charge in [-0.3, -0.25) is 9.69 Å². The largest absolute Gasteiger partial charge is 0.478 e. The minimum Gasteiger partial charge on any atom is -0.478 e. The van der Waals surface area contributed by atoms with E-state index in [-0.39, 0.29) is 23.5 Å². The number of nitrogens with zero attached hydrogens (tertiary/aromatic N) is 1. The number of Topliss-reactive ketones (excluding diaryl/α,β-unsaturated/α-hetero) is 1. The molecule has 2 aromatic rings. The highest BCUT2D eigenvalue weighted by atomic mass is 19.1. The Morgan fingerprint density at radius 1 is 1.18 bits per heavy atom. The van der Waals surface area contributed by atoms with Gasteiger partial charge < -0.3 is 14.2 Å². The molecule has 0 radical (unpaired) electrons. The maximum Gasteiger partial charge on any atom is 0.231 e. The average Bonchev–Trinajstić information content (AvgIpc) is 3.32. The van der Waals surface area contributed by atoms with Gasteiger partial charge in [-0.15, -0.1) is 0 Å². The molecule has 0 spiro atoms. The number of fused-ring (bicyclic) bond motifs is 3. The minimum atomic E-state index is -0.318. The van der Waals surface area contributed by atoms with E-state index in [1.54, 1.807) is 24.3 Å². The van der Waals surface area contributed by atoms with Gasteiger partial charge >= 0.3 is 0 Å². The van der Waals surface area contributed by atoms with E-state index in [9.17, 15) is 9.18 Å². The molecule has 0 amide bonds. The summed E-state index contributed by atoms with van der Waals surface area (Å²) in [5, 5.41) is 0. The molecular formula is C22H20FNO4. The molecule has 0 saturated carbocycles. The van der Waals surface area contributed by atoms with Crippen molar-refractivity contribution in [2.24, 2.45) is 0 Å². The molecule has 3 aliphatic rings. The summed E-state index contributed by atoms with van der Waals surface area (Å²) in [5.41, 5.74) is 2.13. The number of hydrogen-bond acceptors (Lipinski definition) is 5. The van der Waals surface area contributed by atoms with Gasteiger partial charge in [0.25, 0.3) is 0 Å². The summed E-state index contributed by atoms with van der Waals surface area (Å²) in [4.78, 5) is 14.9. The predicted octanol–water partition coefficient (Wildman–Crippen LogP) is 3.77. The van der Waals surface area contributed by atoms with Gasteiger partial charge in [-0.25, -0.2) is 4.39 Å². The second kappa shape index (κ2) is 7.04. The molecule has 1 atom stereocenters. The lowest BCUT2D eigenvalue weighted by Crippen LogP contribution is -2.37. The molecule has 6 heteroatoms. The highest BCUT2D eigenvalue weighted by Crippen LogP contribution is 2.42. The Hall–Kier alpha value is -2.70. The number of benzene rings is 2. The van der Waals surface area contributed by atoms with Gasteiger partial charge in [0.15, 0.2) is 5.76 Å². The van der Waals surface area contributed by atoms with Crippen LogP contribution in [0.5, 0.6) is 11.5 Å². The van der Waals surface area contributed by atoms with Crippen molar-refractivity contribution in [3.63, 3.8) is 0 Å². The quantitative estimate of drug-likeness (QED) is 0.758. The zero-order valence-electron chi connectivity index (χ0n) is 15.3. The predicted molar refractivity (Wildman–Crippen MR) is 101 cm³/mol. The SMILES string of the molecule is O=C1C(=Cc2ccc(F)cc2)Oc2c1ccc1c2CN(CC2CCCO2)CO1. The fourth-order valence-electron chi connectivity index (χ4n) is 3.91. The minimum absolute atomic E-state index is 0.168. The fourth-order valence-corrected chi connectivity index (χ4v) is 3.91. The summed E-state index contributed by atoms with van der Waals surface area (Å²) in [7, 11) is 0. The van der Waals surface area contributed by atoms with E-state index in [1.165, 1.54) is 12.1 Å². The van der Waals surface area contributed by atoms with Crippen LogP contribution in [0.1, 0.15) is 34.3 Å². The smallest absolute Gasteiger partial charge is 0.231 e. The standard InChI is InChI=1S/C22H20FNO4/c23-15-5-3-14(4-6-15)10-20-21(25)17-7-8-19-18(22(17)28-20)12-24(13-27-19)11-16-2-1-9-26-16/h3-8,10,16H,1-2,9,11-13H2. The maximum absolute atomic E-state index is 13.1. The lowest BCUT2D eigenvalue weighted by atomic mass is 10.0. The molecule has 2 aromatic carbocycles. The monoisotopic (exact) mass is 381 g/mol. The first-order valence-corrected chi connectivity index (χ1v) is 9.50. The van der Waals surface area contributed by atoms with Crippen molar-refractivity contribution in [3.05, 3.63) is 64.7 Å². The molecule has 3 aliphatic heterocycles. The normalized spacial score (nSPS) is 22.7. The van der Waals surface area contributed by atoms with Crippen molar-refractivity contribution in [1.29, 1.82) is 0 Å². The molecule has 0 N–H and O–H groups in total. The number of allylic oxidation sites excluding steroid dienone is 1. The third-order valence-corrected chi connectivity index (χ3v) is 5.34. The molecule has 0 aromatic heterocycles. The number of halogens is 1. The van der Waals surface area contributed by atoms with Crippen LogP contribution in [0.3, 0.4) is 0 Å². The van der Waals surface area contributed by atoms with Crippen LogP contribution < -0.4 is 9.47 Å². The Kier molecular flexibility index (Phi) is 4.37. The lowest BCUT2D eigenvalue weighted by Gasteiger charge is -2.31. The maximum atomic E-state index is 13.1. The molecule has 1 saturated heterocycles. The van der Waals surface area contributed by atoms with Crippen LogP contribution in [0, 0.1) is 5.82 Å². The summed E-state index contributed by atoms with van der Waals surface area (Å²) < 4.78 is 30.7. The topological polar surface area (TPSA) is 48.0 Å². The van der Waals surface area contributed by atoms with Gasteiger partial charge in [0.1, 0.15) is 24.0 Å². The zero-order chi connectivity index (χ0) is 19.1. The van der Waals surface area contributed by atoms with E-state index in [2.05, 4.69) is 4.90 Å². The Labute approximate surface area is 162 Å². The molecule has 0 bridgehead atoms. The Morgan fingerprint density at radius 3 is 2.82 bits per heavy atom. The van der Waals surface area contributed by atoms with Crippen LogP contribution in [0.25, 0.3) is 6.08 Å². The number of ketones is 1. The van der Waals surface area contributed by atoms with E-state index < -0.39 is 0 Å². The second-order valence-corrected chi connectivity index (χ2v) is 7.33. The van der Waals surface area contributed by atoms with Gasteiger partial charge in [-0.05, 0) is 48.7 Å². The van der Waals surface area contributed by atoms with Crippen LogP contribution in [0.15, 0.2) is 42.2 Å². The highest BCUT2D eigenvalue weighted by Gasteiger charge is 2.34. The van der Waals surface area contributed by atoms with Gasteiger partial charge in [-0.2, -0.15) is 0 Å². The molecule has 1 unspecified atom stereocenters. The molecule has 0 aliphatic carbocycles. The Balaban J connectivity index is 1.41. The van der Waals surface area contributed by atoms with Crippen LogP contribution in [0.2, 0.25) is 0 Å². The van der Waals surface area contributed by atoms with E-state index in [4.69, 9.17) is 14.2 Å². The van der Waals surface area contributed by atoms with Crippen LogP contribution in [-0.2, 0) is 11.3 Å². The number of carbonyl (C=O) groups is 1. The summed E-state index contributed by atoms with van der Waals surface area (Å²) >= 11 is 0. The lowest BCUT2D eigenvalue weighted by molar-refractivity contribution is 0.0274. The molecule has 5 nitrogen and oxygen atoms in total. The first-order valence-electron chi connectivity index (χ1n) is 9.50. The van der Waals surface area contributed by atoms with Crippen LogP contribution in [0.4, 0.5) is 4.39 Å². The first kappa shape index (κ1) is 17.4. The third-order valence-electron chi connectivity index (χ3n) is 5.34. The summed E-state index contributed by atoms with van der Waals surface area (Å²) in [6.45, 7) is 2.77. The number of carbonyl (C=O) groups excluding carboxylic acids is 1. The van der Waals surface area contributed by atoms with Crippen LogP contribution >= 0.6 is 0 Å². The second-order valence-electron chi connectivity index (χ2n) is 7.33. The molecule has 144 valence electrons. The molecule has 1 fully saturated rings. The third kappa shape index (κ3) is 3.19. The zero-order valence-corrected chi connectivity index (χ0v) is 15.3. The number of rotatable bonds is 3. The van der Waals surface area contributed by atoms with Gasteiger partial charge in [0.05, 0.1) is 17.2 Å². The summed E-state index contributed by atoms with van der Waals surface area (Å²) in [6.07, 6.45) is 4.04. The summed E-state index contributed by atoms with van der Waals surface area (Å²) in [5.74, 6) is 1.07. The van der Waals surface area contributed by atoms with Gasteiger partial charge in [0.2, 0.25) is 5.78 Å². The van der Waals surface area contributed by atoms with Crippen LogP contribution in [-0.4, -0.2) is 36.7 Å². The van der Waals surface area contributed by atoms with E-state index >= 15 is 0 Å². The Morgan fingerprint density at radius 2 is 2.04 bits per heavy atom. The molecule has 5 rings (SSSR count). The molecule has 28 heavy (non-hydrogen) atoms. The van der Waals surface area contributed by atoms with E-state index in [0.717, 1.165) is 37.3 Å². The van der Waals surface area contributed by atoms with E-state index in [1.807, 2.05) is 6.07 Å². The summed E-state index contributed by atoms with van der Waals surface area (Å²) in [6, 6.07) is 9.53. The van der Waals surface area contributed by atoms with Crippen molar-refractivity contribution in [3.8, 4) is 11.5 Å². The van der Waals surface area contributed by atoms with Crippen molar-refractivity contribution in [1.82, 2.24) is 4.90 Å². The van der Waals surface area contributed by atoms with E-state index in [0.29, 0.717) is 30.2 Å². The van der Waals surface area contributed by atoms with Crippen molar-refractivity contribution < 1.29 is 23.4 Å². The highest BCUT2D eigenvalue weighted by molar-refractivity contribution is 6.15. The fraction of sp³-hybridized carbons (Fsp3) is 0.318. The first-order chi connectivity index (χ1) is 13.7. The molecule has 3 heterocycles. The van der Waals surface area contributed by atoms with Gasteiger partial charge in [0, 0.05) is 19.7 Å². The van der Waals surface area contributed by atoms with Crippen molar-refractivity contribution in [2.75, 3.05) is 19.9 Å². The molecular weight excluding hydrogens is 361 g/mol. The van der Waals surface area contributed by atoms with Crippen molar-refractivity contribution >= 4 is 11.9 Å². The number of ether oxygens (including phenoxy) is 3. The van der Waals surface area contributed by atoms with Gasteiger partial charge in [-0.1, -0.05) is 12.1 Å². The Bertz CT molecular complexity index is 948. The average molecular weight is 381 g/mol. The number of hydrogen-bond donors (Lipinski definition) is 0.